The van der Waals surface area contributed by atoms with E-state index in [1.807, 2.05) is 6.92 Å². The Morgan fingerprint density at radius 1 is 1.25 bits per heavy atom. The number of piperidine rings is 1. The van der Waals surface area contributed by atoms with E-state index in [0.29, 0.717) is 32.5 Å². The molecular weight excluding hydrogens is 380 g/mol. The molecule has 7 nitrogen and oxygen atoms in total. The maximum absolute atomic E-state index is 13.3. The highest BCUT2D eigenvalue weighted by molar-refractivity contribution is 7.89. The quantitative estimate of drug-likeness (QED) is 0.715. The van der Waals surface area contributed by atoms with Crippen LogP contribution in [0.2, 0.25) is 0 Å². The van der Waals surface area contributed by atoms with Gasteiger partial charge in [-0.15, -0.1) is 0 Å². The van der Waals surface area contributed by atoms with Crippen LogP contribution in [0.15, 0.2) is 17.0 Å². The van der Waals surface area contributed by atoms with E-state index in [2.05, 4.69) is 0 Å². The average molecular weight is 407 g/mol. The molecule has 1 amide bonds. The molecule has 0 N–H and O–H groups in total. The van der Waals surface area contributed by atoms with E-state index in [1.165, 1.54) is 4.31 Å². The van der Waals surface area contributed by atoms with Crippen LogP contribution in [0.3, 0.4) is 0 Å². The second kappa shape index (κ2) is 7.15. The normalized spacial score (nSPS) is 24.9. The summed E-state index contributed by atoms with van der Waals surface area (Å²) in [5.41, 5.74) is 2.64. The van der Waals surface area contributed by atoms with Crippen LogP contribution in [-0.2, 0) is 30.8 Å². The van der Waals surface area contributed by atoms with Crippen molar-refractivity contribution in [3.05, 3.63) is 23.3 Å². The molecule has 0 saturated carbocycles. The van der Waals surface area contributed by atoms with E-state index >= 15 is 0 Å². The molecule has 1 saturated heterocycles. The number of hydrogen-bond donors (Lipinski definition) is 0. The maximum atomic E-state index is 13.3. The summed E-state index contributed by atoms with van der Waals surface area (Å²) in [5.74, 6) is -1.03. The molecule has 152 valence electrons. The largest absolute Gasteiger partial charge is 0.466 e. The van der Waals surface area contributed by atoms with Crippen molar-refractivity contribution in [1.29, 1.82) is 0 Å². The molecule has 1 aromatic rings. The number of rotatable bonds is 4. The fourth-order valence-electron chi connectivity index (χ4n) is 4.58. The highest BCUT2D eigenvalue weighted by atomic mass is 32.2. The molecule has 0 aliphatic carbocycles. The van der Waals surface area contributed by atoms with Crippen LogP contribution in [0.25, 0.3) is 0 Å². The average Bonchev–Trinajstić information content (AvgIpc) is 2.95. The Labute approximate surface area is 165 Å². The Hall–Kier alpha value is -1.93. The van der Waals surface area contributed by atoms with Gasteiger partial charge in [-0.25, -0.2) is 8.42 Å². The van der Waals surface area contributed by atoms with Gasteiger partial charge in [0.1, 0.15) is 0 Å². The minimum Gasteiger partial charge on any atom is -0.466 e. The van der Waals surface area contributed by atoms with Gasteiger partial charge in [0.2, 0.25) is 15.9 Å². The van der Waals surface area contributed by atoms with Crippen LogP contribution in [0.1, 0.15) is 50.2 Å². The first-order chi connectivity index (χ1) is 13.3. The van der Waals surface area contributed by atoms with Crippen molar-refractivity contribution >= 4 is 27.6 Å². The van der Waals surface area contributed by atoms with Crippen molar-refractivity contribution in [2.45, 2.75) is 50.3 Å². The van der Waals surface area contributed by atoms with Crippen LogP contribution in [0.5, 0.6) is 0 Å². The van der Waals surface area contributed by atoms with Crippen molar-refractivity contribution in [2.75, 3.05) is 31.1 Å². The number of hydrogen-bond acceptors (Lipinski definition) is 5. The van der Waals surface area contributed by atoms with Crippen molar-refractivity contribution in [1.82, 2.24) is 4.31 Å². The topological polar surface area (TPSA) is 84.0 Å². The van der Waals surface area contributed by atoms with Gasteiger partial charge in [-0.1, -0.05) is 0 Å². The van der Waals surface area contributed by atoms with Gasteiger partial charge in [0.25, 0.3) is 0 Å². The molecular formula is C20H26N2O5S. The fraction of sp³-hybridized carbons (Fsp3) is 0.600. The van der Waals surface area contributed by atoms with Gasteiger partial charge in [-0.05, 0) is 62.8 Å². The first-order valence-corrected chi connectivity index (χ1v) is 11.4. The summed E-state index contributed by atoms with van der Waals surface area (Å²) in [6.07, 6.45) is 2.88. The Bertz CT molecular complexity index is 927. The molecule has 0 radical (unpaired) electrons. The summed E-state index contributed by atoms with van der Waals surface area (Å²) in [6, 6.07) is 3.38. The molecule has 4 rings (SSSR count). The van der Waals surface area contributed by atoms with E-state index in [4.69, 9.17) is 4.74 Å². The molecule has 0 bridgehead atoms. The smallest absolute Gasteiger partial charge is 0.310 e. The van der Waals surface area contributed by atoms with Crippen molar-refractivity contribution < 1.29 is 22.7 Å². The van der Waals surface area contributed by atoms with Crippen molar-refractivity contribution in [3.8, 4) is 0 Å². The van der Waals surface area contributed by atoms with Crippen LogP contribution in [-0.4, -0.2) is 50.8 Å². The van der Waals surface area contributed by atoms with Crippen molar-refractivity contribution in [2.24, 2.45) is 5.92 Å². The number of amides is 1. The summed E-state index contributed by atoms with van der Waals surface area (Å²) in [7, 11) is -3.74. The molecule has 1 fully saturated rings. The highest BCUT2D eigenvalue weighted by Crippen LogP contribution is 2.44. The monoisotopic (exact) mass is 406 g/mol. The Balaban J connectivity index is 1.67. The summed E-state index contributed by atoms with van der Waals surface area (Å²) in [5, 5.41) is 0. The Kier molecular flexibility index (Phi) is 4.95. The number of anilines is 1. The van der Waals surface area contributed by atoms with E-state index in [9.17, 15) is 18.0 Å². The zero-order valence-electron chi connectivity index (χ0n) is 16.3. The van der Waals surface area contributed by atoms with Crippen molar-refractivity contribution in [3.63, 3.8) is 0 Å². The third-order valence-electron chi connectivity index (χ3n) is 6.03. The van der Waals surface area contributed by atoms with Gasteiger partial charge in [0, 0.05) is 19.6 Å². The second-order valence-electron chi connectivity index (χ2n) is 7.79. The molecule has 3 aliphatic rings. The van der Waals surface area contributed by atoms with E-state index < -0.39 is 15.9 Å². The Morgan fingerprint density at radius 2 is 2.04 bits per heavy atom. The number of sulfonamides is 1. The predicted molar refractivity (Wildman–Crippen MR) is 104 cm³/mol. The summed E-state index contributed by atoms with van der Waals surface area (Å²) in [4.78, 5) is 26.7. The molecule has 1 aromatic carbocycles. The molecule has 0 aromatic heterocycles. The summed E-state index contributed by atoms with van der Waals surface area (Å²) < 4.78 is 33.2. The highest BCUT2D eigenvalue weighted by Gasteiger charge is 2.40. The summed E-state index contributed by atoms with van der Waals surface area (Å²) in [6.45, 7) is 5.11. The third kappa shape index (κ3) is 3.03. The van der Waals surface area contributed by atoms with Crippen LogP contribution >= 0.6 is 0 Å². The van der Waals surface area contributed by atoms with Gasteiger partial charge in [-0.2, -0.15) is 4.31 Å². The number of ether oxygens (including phenoxy) is 1. The molecule has 2 atom stereocenters. The molecule has 28 heavy (non-hydrogen) atoms. The molecule has 3 aliphatic heterocycles. The minimum atomic E-state index is -3.74. The van der Waals surface area contributed by atoms with Crippen LogP contribution in [0.4, 0.5) is 5.69 Å². The van der Waals surface area contributed by atoms with Gasteiger partial charge in [0.15, 0.2) is 0 Å². The number of benzene rings is 1. The SMILES string of the molecule is CCOC(=O)[C@H]1CCCN(S(=O)(=O)c2cc3c4c(c2)[C@H](C)C(=O)N4CCC3)C1. The maximum Gasteiger partial charge on any atom is 0.310 e. The van der Waals surface area contributed by atoms with Gasteiger partial charge < -0.3 is 9.64 Å². The van der Waals surface area contributed by atoms with Gasteiger partial charge in [-0.3, -0.25) is 9.59 Å². The number of aryl methyl sites for hydroxylation is 1. The minimum absolute atomic E-state index is 0.0471. The Morgan fingerprint density at radius 3 is 2.79 bits per heavy atom. The van der Waals surface area contributed by atoms with Crippen LogP contribution < -0.4 is 4.90 Å². The first-order valence-electron chi connectivity index (χ1n) is 9.99. The lowest BCUT2D eigenvalue weighted by molar-refractivity contribution is -0.149. The zero-order valence-corrected chi connectivity index (χ0v) is 17.1. The summed E-state index contributed by atoms with van der Waals surface area (Å²) >= 11 is 0. The van der Waals surface area contributed by atoms with E-state index in [1.54, 1.807) is 24.0 Å². The zero-order chi connectivity index (χ0) is 20.1. The predicted octanol–water partition coefficient (Wildman–Crippen LogP) is 2.05. The standard InChI is InChI=1S/C20H26N2O5S/c1-3-27-20(24)15-7-4-8-21(12-15)28(25,26)16-10-14-6-5-9-22-18(14)17(11-16)13(2)19(22)23/h10-11,13,15H,3-9,12H2,1-2H3/t13-,15-/m0/s1. The third-order valence-corrected chi connectivity index (χ3v) is 7.88. The second-order valence-corrected chi connectivity index (χ2v) is 9.73. The lowest BCUT2D eigenvalue weighted by Crippen LogP contribution is -2.42. The van der Waals surface area contributed by atoms with E-state index in [-0.39, 0.29) is 29.2 Å². The fourth-order valence-corrected chi connectivity index (χ4v) is 6.19. The lowest BCUT2D eigenvalue weighted by atomic mass is 9.97. The van der Waals surface area contributed by atoms with Gasteiger partial charge >= 0.3 is 5.97 Å². The molecule has 0 spiro atoms. The lowest BCUT2D eigenvalue weighted by Gasteiger charge is -2.31. The number of esters is 1. The number of nitrogens with zero attached hydrogens (tertiary/aromatic N) is 2. The van der Waals surface area contributed by atoms with Gasteiger partial charge in [0.05, 0.1) is 29.0 Å². The van der Waals surface area contributed by atoms with E-state index in [0.717, 1.165) is 29.7 Å². The molecule has 3 heterocycles. The number of carbonyl (C=O) groups is 2. The molecule has 0 unspecified atom stereocenters. The molecule has 8 heteroatoms. The number of carbonyl (C=O) groups excluding carboxylic acids is 2. The first kappa shape index (κ1) is 19.4. The van der Waals surface area contributed by atoms with Crippen LogP contribution in [0, 0.1) is 5.92 Å².